The minimum atomic E-state index is -0.739. The second-order valence-electron chi connectivity index (χ2n) is 11.2. The van der Waals surface area contributed by atoms with Crippen molar-refractivity contribution in [2.75, 3.05) is 24.7 Å². The molecular formula is C34H32N8OS. The molecule has 10 heteroatoms. The summed E-state index contributed by atoms with van der Waals surface area (Å²) < 4.78 is 2.02. The zero-order chi connectivity index (χ0) is 30.2. The van der Waals surface area contributed by atoms with Gasteiger partial charge in [-0.2, -0.15) is 0 Å². The molecule has 4 heterocycles. The van der Waals surface area contributed by atoms with Crippen molar-refractivity contribution in [2.24, 2.45) is 5.73 Å². The van der Waals surface area contributed by atoms with Crippen LogP contribution in [0.2, 0.25) is 0 Å². The summed E-state index contributed by atoms with van der Waals surface area (Å²) in [6.07, 6.45) is 5.83. The Hall–Kier alpha value is -4.90. The van der Waals surface area contributed by atoms with Gasteiger partial charge in [-0.05, 0) is 92.0 Å². The van der Waals surface area contributed by atoms with Crippen molar-refractivity contribution in [2.45, 2.75) is 24.9 Å². The minimum Gasteiger partial charge on any atom is -0.324 e. The molecule has 0 bridgehead atoms. The summed E-state index contributed by atoms with van der Waals surface area (Å²) in [5.74, 6) is 0.236. The molecular weight excluding hydrogens is 568 g/mol. The first-order valence-electron chi connectivity index (χ1n) is 14.5. The van der Waals surface area contributed by atoms with E-state index in [1.165, 1.54) is 22.5 Å². The zero-order valence-corrected chi connectivity index (χ0v) is 25.3. The number of hydrogen-bond acceptors (Lipinski definition) is 8. The molecule has 44 heavy (non-hydrogen) atoms. The van der Waals surface area contributed by atoms with Crippen LogP contribution in [0, 0.1) is 0 Å². The summed E-state index contributed by atoms with van der Waals surface area (Å²) in [6, 6.07) is 25.5. The molecule has 0 spiro atoms. The van der Waals surface area contributed by atoms with E-state index in [4.69, 9.17) is 15.7 Å². The largest absolute Gasteiger partial charge is 0.324 e. The van der Waals surface area contributed by atoms with Crippen molar-refractivity contribution in [3.63, 3.8) is 0 Å². The Morgan fingerprint density at radius 1 is 0.977 bits per heavy atom. The summed E-state index contributed by atoms with van der Waals surface area (Å²) in [5.41, 5.74) is 14.5. The van der Waals surface area contributed by atoms with Gasteiger partial charge in [-0.1, -0.05) is 30.3 Å². The summed E-state index contributed by atoms with van der Waals surface area (Å²) in [4.78, 5) is 30.4. The van der Waals surface area contributed by atoms with Crippen LogP contribution >= 0.6 is 11.3 Å². The molecule has 2 unspecified atom stereocenters. The normalized spacial score (nSPS) is 15.0. The fourth-order valence-corrected chi connectivity index (χ4v) is 6.45. The Morgan fingerprint density at radius 2 is 1.86 bits per heavy atom. The molecule has 0 saturated carbocycles. The maximum Gasteiger partial charge on any atom is 0.246 e. The number of imidazole rings is 1. The van der Waals surface area contributed by atoms with Crippen molar-refractivity contribution in [1.29, 1.82) is 0 Å². The number of anilines is 3. The minimum absolute atomic E-state index is 0.268. The summed E-state index contributed by atoms with van der Waals surface area (Å²) in [7, 11) is 4.27. The van der Waals surface area contributed by atoms with Gasteiger partial charge in [0.15, 0.2) is 0 Å². The third kappa shape index (κ3) is 5.46. The van der Waals surface area contributed by atoms with Gasteiger partial charge < -0.3 is 21.3 Å². The number of nitrogens with zero attached hydrogens (tertiary/aromatic N) is 5. The number of fused-ring (bicyclic) bond motifs is 2. The summed E-state index contributed by atoms with van der Waals surface area (Å²) >= 11 is 1.46. The molecule has 7 rings (SSSR count). The van der Waals surface area contributed by atoms with E-state index in [2.05, 4.69) is 52.8 Å². The number of amides is 1. The summed E-state index contributed by atoms with van der Waals surface area (Å²) in [6.45, 7) is 0. The van der Waals surface area contributed by atoms with E-state index in [9.17, 15) is 4.79 Å². The number of benzene rings is 2. The highest BCUT2D eigenvalue weighted by Crippen LogP contribution is 2.34. The highest BCUT2D eigenvalue weighted by molar-refractivity contribution is 7.10. The molecule has 0 saturated heterocycles. The van der Waals surface area contributed by atoms with Gasteiger partial charge in [0.2, 0.25) is 11.9 Å². The van der Waals surface area contributed by atoms with E-state index >= 15 is 0 Å². The SMILES string of the molecule is CN(C)C1Cc2ccc(Nc3nccc(-c4c(-c5cccc(NC(=O)C(N)c6cccs6)c5)nc5ccccn45)n3)cc2C1. The van der Waals surface area contributed by atoms with Gasteiger partial charge in [-0.15, -0.1) is 11.3 Å². The van der Waals surface area contributed by atoms with Gasteiger partial charge in [0.25, 0.3) is 0 Å². The van der Waals surface area contributed by atoms with E-state index < -0.39 is 6.04 Å². The fraction of sp³-hybridized carbons (Fsp3) is 0.176. The lowest BCUT2D eigenvalue weighted by molar-refractivity contribution is -0.117. The number of hydrogen-bond donors (Lipinski definition) is 3. The molecule has 6 aromatic rings. The average molecular weight is 601 g/mol. The molecule has 2 aromatic carbocycles. The Labute approximate surface area is 259 Å². The first kappa shape index (κ1) is 27.9. The van der Waals surface area contributed by atoms with Gasteiger partial charge in [0.1, 0.15) is 11.7 Å². The summed E-state index contributed by atoms with van der Waals surface area (Å²) in [5, 5.41) is 8.29. The number of likely N-dealkylation sites (N-methyl/N-ethyl adjacent to an activating group) is 1. The van der Waals surface area contributed by atoms with Crippen LogP contribution in [-0.2, 0) is 17.6 Å². The zero-order valence-electron chi connectivity index (χ0n) is 24.4. The smallest absolute Gasteiger partial charge is 0.246 e. The Morgan fingerprint density at radius 3 is 2.70 bits per heavy atom. The second-order valence-corrected chi connectivity index (χ2v) is 12.2. The molecule has 1 aliphatic carbocycles. The first-order valence-corrected chi connectivity index (χ1v) is 15.4. The van der Waals surface area contributed by atoms with E-state index in [-0.39, 0.29) is 5.91 Å². The number of carbonyl (C=O) groups excluding carboxylic acids is 1. The number of pyridine rings is 1. The quantitative estimate of drug-likeness (QED) is 0.198. The highest BCUT2D eigenvalue weighted by Gasteiger charge is 2.24. The number of nitrogens with two attached hydrogens (primary N) is 1. The lowest BCUT2D eigenvalue weighted by Crippen LogP contribution is -2.27. The van der Waals surface area contributed by atoms with Crippen LogP contribution in [0.3, 0.4) is 0 Å². The van der Waals surface area contributed by atoms with Crippen LogP contribution in [0.5, 0.6) is 0 Å². The van der Waals surface area contributed by atoms with Crippen LogP contribution in [0.15, 0.2) is 96.6 Å². The molecule has 0 fully saturated rings. The van der Waals surface area contributed by atoms with Crippen LogP contribution in [0.1, 0.15) is 22.0 Å². The van der Waals surface area contributed by atoms with Gasteiger partial charge in [-0.25, -0.2) is 15.0 Å². The molecule has 220 valence electrons. The number of carbonyl (C=O) groups is 1. The third-order valence-electron chi connectivity index (χ3n) is 8.07. The van der Waals surface area contributed by atoms with Gasteiger partial charge in [0, 0.05) is 40.3 Å². The third-order valence-corrected chi connectivity index (χ3v) is 9.02. The van der Waals surface area contributed by atoms with Crippen LogP contribution < -0.4 is 16.4 Å². The first-order chi connectivity index (χ1) is 21.4. The second kappa shape index (κ2) is 11.6. The number of rotatable bonds is 8. The monoisotopic (exact) mass is 600 g/mol. The Bertz CT molecular complexity index is 1970. The van der Waals surface area contributed by atoms with Crippen molar-refractivity contribution in [3.05, 3.63) is 113 Å². The van der Waals surface area contributed by atoms with Crippen LogP contribution in [-0.4, -0.2) is 50.3 Å². The average Bonchev–Trinajstić information content (AvgIpc) is 3.80. The predicted octanol–water partition coefficient (Wildman–Crippen LogP) is 5.93. The molecule has 0 radical (unpaired) electrons. The predicted molar refractivity (Wildman–Crippen MR) is 176 cm³/mol. The molecule has 1 aliphatic rings. The maximum absolute atomic E-state index is 12.9. The number of thiophene rings is 1. The van der Waals surface area contributed by atoms with Gasteiger partial charge in [-0.3, -0.25) is 9.20 Å². The fourth-order valence-electron chi connectivity index (χ4n) is 5.72. The van der Waals surface area contributed by atoms with Crippen LogP contribution in [0.4, 0.5) is 17.3 Å². The standard InChI is InChI=1S/C34H32N8OS/c1-41(2)26-19-21-11-12-25(18-23(21)20-26)38-34-36-14-13-27(39-34)32-31(40-29-10-3-4-15-42(29)32)22-7-5-8-24(17-22)37-33(43)30(35)28-9-6-16-44-28/h3-18,26,30H,19-20,35H2,1-2H3,(H,37,43)(H,36,38,39). The highest BCUT2D eigenvalue weighted by atomic mass is 32.1. The lowest BCUT2D eigenvalue weighted by atomic mass is 10.1. The van der Waals surface area contributed by atoms with Crippen LogP contribution in [0.25, 0.3) is 28.3 Å². The number of aromatic nitrogens is 4. The lowest BCUT2D eigenvalue weighted by Gasteiger charge is -2.17. The van der Waals surface area contributed by atoms with Gasteiger partial charge >= 0.3 is 0 Å². The van der Waals surface area contributed by atoms with Crippen molar-refractivity contribution >= 4 is 40.2 Å². The molecule has 0 aliphatic heterocycles. The molecule has 9 nitrogen and oxygen atoms in total. The molecule has 1 amide bonds. The topological polar surface area (TPSA) is 113 Å². The Kier molecular flexibility index (Phi) is 7.39. The van der Waals surface area contributed by atoms with E-state index in [0.29, 0.717) is 17.7 Å². The van der Waals surface area contributed by atoms with E-state index in [1.807, 2.05) is 76.6 Å². The number of nitrogens with one attached hydrogen (secondary N) is 2. The van der Waals surface area contributed by atoms with Crippen molar-refractivity contribution < 1.29 is 4.79 Å². The maximum atomic E-state index is 12.9. The van der Waals surface area contributed by atoms with Crippen molar-refractivity contribution in [3.8, 4) is 22.6 Å². The molecule has 4 N–H and O–H groups in total. The molecule has 4 aromatic heterocycles. The molecule has 2 atom stereocenters. The van der Waals surface area contributed by atoms with Crippen molar-refractivity contribution in [1.82, 2.24) is 24.3 Å². The Balaban J connectivity index is 1.20. The van der Waals surface area contributed by atoms with Gasteiger partial charge in [0.05, 0.1) is 17.1 Å². The van der Waals surface area contributed by atoms with E-state index in [0.717, 1.165) is 51.7 Å². The van der Waals surface area contributed by atoms with E-state index in [1.54, 1.807) is 6.20 Å².